The minimum Gasteiger partial charge on any atom is -0.302 e. The van der Waals surface area contributed by atoms with E-state index in [9.17, 15) is 27.4 Å². The van der Waals surface area contributed by atoms with Gasteiger partial charge in [0.25, 0.3) is 0 Å². The Morgan fingerprint density at radius 2 is 0.840 bits per heavy atom. The Morgan fingerprint density at radius 3 is 1.16 bits per heavy atom. The predicted molar refractivity (Wildman–Crippen MR) is 74.7 cm³/mol. The van der Waals surface area contributed by atoms with Crippen molar-refractivity contribution < 1.29 is 73.4 Å². The molecule has 19 nitrogen and oxygen atoms in total. The summed E-state index contributed by atoms with van der Waals surface area (Å²) in [6, 6.07) is 0. The van der Waals surface area contributed by atoms with E-state index < -0.39 is 46.7 Å². The van der Waals surface area contributed by atoms with Crippen LogP contribution in [0.3, 0.4) is 0 Å². The summed E-state index contributed by atoms with van der Waals surface area (Å²) in [5, 5.41) is 0. The van der Waals surface area contributed by atoms with Gasteiger partial charge in [0.1, 0.15) is 0 Å². The Kier molecular flexibility index (Phi) is 8.35. The Balaban J connectivity index is 5.21. The van der Waals surface area contributed by atoms with Crippen LogP contribution in [0.25, 0.3) is 0 Å². The van der Waals surface area contributed by atoms with Crippen LogP contribution < -0.4 is 16.5 Å². The summed E-state index contributed by atoms with van der Waals surface area (Å²) in [4.78, 5) is 43.3. The molecule has 4 unspecified atom stereocenters. The second-order valence-corrected chi connectivity index (χ2v) is 12.9. The molecule has 0 bridgehead atoms. The molecule has 0 saturated heterocycles. The molecular weight excluding hydrogens is 484 g/mol. The van der Waals surface area contributed by atoms with Crippen molar-refractivity contribution in [3.05, 3.63) is 0 Å². The molecule has 0 aromatic heterocycles. The second kappa shape index (κ2) is 8.08. The van der Waals surface area contributed by atoms with Gasteiger partial charge in [-0.1, -0.05) is 0 Å². The molecule has 0 heterocycles. The van der Waals surface area contributed by atoms with Crippen LogP contribution in [-0.2, 0) is 48.9 Å². The third-order valence-corrected chi connectivity index (χ3v) is 9.73. The summed E-state index contributed by atoms with van der Waals surface area (Å²) in [5.74, 6) is 0. The molecule has 0 fully saturated rings. The molecule has 152 valence electrons. The van der Waals surface area contributed by atoms with Crippen LogP contribution in [-0.4, -0.2) is 24.5 Å². The average molecular weight is 495 g/mol. The lowest BCUT2D eigenvalue weighted by Crippen LogP contribution is -2.11. The first-order valence-corrected chi connectivity index (χ1v) is 14.1. The molecule has 0 saturated carbocycles. The van der Waals surface area contributed by atoms with Crippen LogP contribution in [0, 0.1) is 0 Å². The normalized spacial score (nSPS) is 23.0. The Morgan fingerprint density at radius 1 is 0.520 bits per heavy atom. The zero-order chi connectivity index (χ0) is 20.5. The van der Waals surface area contributed by atoms with Gasteiger partial charge < -0.3 is 24.5 Å². The zero-order valence-electron chi connectivity index (χ0n) is 11.1. The first-order chi connectivity index (χ1) is 10.5. The van der Waals surface area contributed by atoms with Crippen molar-refractivity contribution in [3.8, 4) is 0 Å². The molecule has 0 aromatic carbocycles. The third-order valence-electron chi connectivity index (χ3n) is 1.08. The van der Waals surface area contributed by atoms with Gasteiger partial charge in [-0.2, -0.15) is 17.2 Å². The van der Waals surface area contributed by atoms with Crippen molar-refractivity contribution in [2.45, 2.75) is 0 Å². The van der Waals surface area contributed by atoms with E-state index in [2.05, 4.69) is 38.1 Å². The fourth-order valence-corrected chi connectivity index (χ4v) is 8.06. The summed E-state index contributed by atoms with van der Waals surface area (Å²) in [7, 11) is -33.9. The smallest absolute Gasteiger partial charge is 0.302 e. The highest BCUT2D eigenvalue weighted by Crippen LogP contribution is 2.73. The van der Waals surface area contributed by atoms with Crippen LogP contribution in [0.4, 0.5) is 0 Å². The van der Waals surface area contributed by atoms with E-state index >= 15 is 0 Å². The van der Waals surface area contributed by atoms with Gasteiger partial charge in [-0.15, -0.1) is 0 Å². The van der Waals surface area contributed by atoms with E-state index in [0.717, 1.165) is 0 Å². The molecule has 0 aromatic rings. The van der Waals surface area contributed by atoms with Crippen LogP contribution in [0.2, 0.25) is 0 Å². The van der Waals surface area contributed by atoms with Crippen molar-refractivity contribution in [1.29, 1.82) is 0 Å². The average Bonchev–Trinajstić information content (AvgIpc) is 1.97. The molecule has 0 amide bonds. The minimum absolute atomic E-state index is 3.10. The lowest BCUT2D eigenvalue weighted by atomic mass is 13.9. The highest BCUT2D eigenvalue weighted by atomic mass is 31.3. The van der Waals surface area contributed by atoms with E-state index in [-0.39, 0.29) is 0 Å². The summed E-state index contributed by atoms with van der Waals surface area (Å²) in [6.45, 7) is 0. The molecule has 0 aliphatic heterocycles. The van der Waals surface area contributed by atoms with Gasteiger partial charge in [0.05, 0.1) is 0 Å². The van der Waals surface area contributed by atoms with E-state index in [1.54, 1.807) is 0 Å². The molecule has 11 N–H and O–H groups in total. The summed E-state index contributed by atoms with van der Waals surface area (Å²) < 4.78 is 83.1. The first-order valence-electron chi connectivity index (χ1n) is 4.70. The van der Waals surface area contributed by atoms with Gasteiger partial charge in [0.2, 0.25) is 0 Å². The molecule has 0 aliphatic rings. The molecule has 25 heavy (non-hydrogen) atoms. The van der Waals surface area contributed by atoms with E-state index in [0.29, 0.717) is 0 Å². The highest BCUT2D eigenvalue weighted by Gasteiger charge is 2.47. The van der Waals surface area contributed by atoms with Gasteiger partial charge in [-0.25, -0.2) is 43.6 Å². The van der Waals surface area contributed by atoms with Gasteiger partial charge >= 0.3 is 46.7 Å². The number of phosphoric acid groups is 4. The number of rotatable bonds is 10. The minimum atomic E-state index is -6.14. The van der Waals surface area contributed by atoms with Crippen LogP contribution in [0.15, 0.2) is 0 Å². The van der Waals surface area contributed by atoms with Gasteiger partial charge in [-0.05, 0) is 0 Å². The van der Waals surface area contributed by atoms with Crippen LogP contribution >= 0.6 is 46.7 Å². The summed E-state index contributed by atoms with van der Waals surface area (Å²) >= 11 is 0. The Bertz CT molecular complexity index is 703. The number of nitrogens with two attached hydrogens (primary N) is 3. The fraction of sp³-hybridized carbons (Fsp3) is 0. The molecule has 0 radical (unpaired) electrons. The topological polar surface area (TPSA) is 328 Å². The van der Waals surface area contributed by atoms with Crippen molar-refractivity contribution in [2.24, 2.45) is 16.5 Å². The first kappa shape index (κ1) is 25.9. The second-order valence-electron chi connectivity index (χ2n) is 3.49. The predicted octanol–water partition coefficient (Wildman–Crippen LogP) is -0.444. The molecule has 0 spiro atoms. The lowest BCUT2D eigenvalue weighted by Gasteiger charge is -2.20. The summed E-state index contributed by atoms with van der Waals surface area (Å²) in [5.41, 5.74) is 13.8. The number of hydrogen-bond acceptors (Lipinski definition) is 11. The molecule has 25 heteroatoms. The van der Waals surface area contributed by atoms with E-state index in [1.807, 2.05) is 0 Å². The maximum absolute atomic E-state index is 11.3. The van der Waals surface area contributed by atoms with Crippen LogP contribution in [0.1, 0.15) is 0 Å². The van der Waals surface area contributed by atoms with Crippen molar-refractivity contribution in [3.63, 3.8) is 0 Å². The Hall–Kier alpha value is 0.860. The highest BCUT2D eigenvalue weighted by molar-refractivity contribution is 7.73. The molecule has 0 aliphatic carbocycles. The molecule has 4 atom stereocenters. The van der Waals surface area contributed by atoms with E-state index in [4.69, 9.17) is 24.5 Å². The van der Waals surface area contributed by atoms with Crippen molar-refractivity contribution >= 4 is 46.7 Å². The quantitative estimate of drug-likeness (QED) is 0.178. The molecule has 0 rings (SSSR count). The van der Waals surface area contributed by atoms with E-state index in [1.165, 1.54) is 0 Å². The SMILES string of the molecule is NP(N)(=O)OP(N)(=O)OP(=O)(O)OP(=O)(O)OP(=O)(O)OP(=O)(O)O. The maximum Gasteiger partial charge on any atom is 0.490 e. The van der Waals surface area contributed by atoms with Gasteiger partial charge in [-0.3, -0.25) is 4.57 Å². The Labute approximate surface area is 137 Å². The fourth-order valence-electron chi connectivity index (χ4n) is 0.777. The maximum atomic E-state index is 11.3. The molecular formula is H11N3O16P6. The third kappa shape index (κ3) is 13.6. The zero-order valence-corrected chi connectivity index (χ0v) is 16.5. The van der Waals surface area contributed by atoms with Gasteiger partial charge in [0, 0.05) is 0 Å². The van der Waals surface area contributed by atoms with Crippen LogP contribution in [0.5, 0.6) is 0 Å². The van der Waals surface area contributed by atoms with Gasteiger partial charge in [0.15, 0.2) is 0 Å². The van der Waals surface area contributed by atoms with Crippen molar-refractivity contribution in [2.75, 3.05) is 0 Å². The lowest BCUT2D eigenvalue weighted by molar-refractivity contribution is 0.194. The standard InChI is InChI=1S/H11N3O16P6/c1-20(2,4)15-21(3,5)16-23(9,10)18-25(13,14)19-24(11,12)17-22(6,7)8/h(H2,3,5)(H,9,10)(H,11,12)(H,13,14)(H4,1,2,4)(H2,6,7,8). The van der Waals surface area contributed by atoms with Crippen molar-refractivity contribution in [1.82, 2.24) is 0 Å². The number of hydrogen-bond donors (Lipinski definition) is 8. The summed E-state index contributed by atoms with van der Waals surface area (Å²) in [6.07, 6.45) is 0. The monoisotopic (exact) mass is 495 g/mol. The largest absolute Gasteiger partial charge is 0.490 e.